The molecule has 0 unspecified atom stereocenters. The monoisotopic (exact) mass is 431 g/mol. The molecule has 120 valence electrons. The topological polar surface area (TPSA) is 59.6 Å². The van der Waals surface area contributed by atoms with Crippen LogP contribution in [0.2, 0.25) is 0 Å². The molecule has 4 nitrogen and oxygen atoms in total. The van der Waals surface area contributed by atoms with E-state index in [0.717, 1.165) is 17.9 Å². The first-order valence-electron chi connectivity index (χ1n) is 6.99. The summed E-state index contributed by atoms with van der Waals surface area (Å²) in [6, 6.07) is 11.9. The lowest BCUT2D eigenvalue weighted by molar-refractivity contribution is 0.242. The van der Waals surface area contributed by atoms with E-state index in [4.69, 9.17) is 10.5 Å². The summed E-state index contributed by atoms with van der Waals surface area (Å²) >= 11 is 1.74. The molecule has 0 aliphatic rings. The number of halogens is 1. The summed E-state index contributed by atoms with van der Waals surface area (Å²) in [4.78, 5) is 5.64. The van der Waals surface area contributed by atoms with Crippen molar-refractivity contribution in [2.45, 2.75) is 26.4 Å². The third-order valence-electron chi connectivity index (χ3n) is 2.72. The molecule has 0 amide bonds. The number of hydrogen-bond donors (Lipinski definition) is 2. The molecule has 0 saturated heterocycles. The van der Waals surface area contributed by atoms with Crippen LogP contribution < -0.4 is 15.8 Å². The second-order valence-corrected chi connectivity index (χ2v) is 5.94. The minimum Gasteiger partial charge on any atom is -0.491 e. The number of ether oxygens (including phenoxy) is 1. The Hall–Kier alpha value is -1.28. The molecule has 22 heavy (non-hydrogen) atoms. The fraction of sp³-hybridized carbons (Fsp3) is 0.312. The summed E-state index contributed by atoms with van der Waals surface area (Å²) in [7, 11) is 0. The summed E-state index contributed by atoms with van der Waals surface area (Å²) in [6.45, 7) is 4.70. The normalized spacial score (nSPS) is 11.1. The molecule has 6 heteroatoms. The number of anilines is 1. The Balaban J connectivity index is 0.00000242. The summed E-state index contributed by atoms with van der Waals surface area (Å²) in [5.41, 5.74) is 6.78. The van der Waals surface area contributed by atoms with Crippen LogP contribution in [0.15, 0.2) is 46.8 Å². The highest BCUT2D eigenvalue weighted by atomic mass is 127. The highest BCUT2D eigenvalue weighted by Crippen LogP contribution is 2.16. The number of guanidine groups is 1. The van der Waals surface area contributed by atoms with Crippen molar-refractivity contribution in [3.05, 3.63) is 46.7 Å². The van der Waals surface area contributed by atoms with Gasteiger partial charge in [-0.2, -0.15) is 0 Å². The Morgan fingerprint density at radius 3 is 2.59 bits per heavy atom. The van der Waals surface area contributed by atoms with E-state index >= 15 is 0 Å². The van der Waals surface area contributed by atoms with Crippen LogP contribution in [-0.2, 0) is 6.42 Å². The second-order valence-electron chi connectivity index (χ2n) is 4.91. The molecule has 0 radical (unpaired) electrons. The van der Waals surface area contributed by atoms with E-state index in [1.54, 1.807) is 11.3 Å². The average molecular weight is 431 g/mol. The van der Waals surface area contributed by atoms with Crippen molar-refractivity contribution in [1.82, 2.24) is 0 Å². The molecule has 2 aromatic rings. The Kier molecular flexibility index (Phi) is 8.26. The Labute approximate surface area is 152 Å². The smallest absolute Gasteiger partial charge is 0.193 e. The number of thiophene rings is 1. The quantitative estimate of drug-likeness (QED) is 0.411. The van der Waals surface area contributed by atoms with Gasteiger partial charge < -0.3 is 15.8 Å². The van der Waals surface area contributed by atoms with Gasteiger partial charge in [0.2, 0.25) is 0 Å². The average Bonchev–Trinajstić information content (AvgIpc) is 2.93. The van der Waals surface area contributed by atoms with Crippen LogP contribution >= 0.6 is 35.3 Å². The minimum absolute atomic E-state index is 0. The number of hydrogen-bond acceptors (Lipinski definition) is 3. The van der Waals surface area contributed by atoms with E-state index in [0.29, 0.717) is 12.5 Å². The van der Waals surface area contributed by atoms with E-state index in [9.17, 15) is 0 Å². The Morgan fingerprint density at radius 2 is 2.00 bits per heavy atom. The molecule has 2 rings (SSSR count). The summed E-state index contributed by atoms with van der Waals surface area (Å²) in [5.74, 6) is 1.29. The maximum Gasteiger partial charge on any atom is 0.193 e. The SMILES string of the molecule is CC(C)Oc1ccc(NC(N)=NCCc2cccs2)cc1.I. The van der Waals surface area contributed by atoms with E-state index in [-0.39, 0.29) is 30.1 Å². The van der Waals surface area contributed by atoms with Crippen molar-refractivity contribution in [3.8, 4) is 5.75 Å². The summed E-state index contributed by atoms with van der Waals surface area (Å²) in [6.07, 6.45) is 1.09. The van der Waals surface area contributed by atoms with E-state index < -0.39 is 0 Å². The first-order chi connectivity index (χ1) is 10.1. The fourth-order valence-corrected chi connectivity index (χ4v) is 2.52. The summed E-state index contributed by atoms with van der Waals surface area (Å²) in [5, 5.41) is 5.15. The van der Waals surface area contributed by atoms with Gasteiger partial charge in [-0.1, -0.05) is 6.07 Å². The number of benzene rings is 1. The third kappa shape index (κ3) is 6.65. The molecule has 0 bridgehead atoms. The van der Waals surface area contributed by atoms with Gasteiger partial charge in [0.1, 0.15) is 5.75 Å². The van der Waals surface area contributed by atoms with Crippen molar-refractivity contribution in [1.29, 1.82) is 0 Å². The van der Waals surface area contributed by atoms with Gasteiger partial charge in [0, 0.05) is 23.5 Å². The highest BCUT2D eigenvalue weighted by Gasteiger charge is 1.99. The van der Waals surface area contributed by atoms with Gasteiger partial charge in [-0.25, -0.2) is 0 Å². The van der Waals surface area contributed by atoms with Gasteiger partial charge in [0.05, 0.1) is 6.10 Å². The lowest BCUT2D eigenvalue weighted by atomic mass is 10.3. The molecule has 0 fully saturated rings. The fourth-order valence-electron chi connectivity index (χ4n) is 1.82. The van der Waals surface area contributed by atoms with Crippen molar-refractivity contribution >= 4 is 47.0 Å². The number of aliphatic imine (C=N–C) groups is 1. The molecule has 1 aromatic heterocycles. The molecule has 0 atom stereocenters. The standard InChI is InChI=1S/C16H21N3OS.HI/c1-12(2)20-14-7-5-13(6-8-14)19-16(17)18-10-9-15-4-3-11-21-15;/h3-8,11-12H,9-10H2,1-2H3,(H3,17,18,19);1H. The number of rotatable bonds is 6. The van der Waals surface area contributed by atoms with Crippen LogP contribution in [0.1, 0.15) is 18.7 Å². The number of nitrogens with two attached hydrogens (primary N) is 1. The zero-order valence-electron chi connectivity index (χ0n) is 12.8. The van der Waals surface area contributed by atoms with E-state index in [2.05, 4.69) is 21.8 Å². The van der Waals surface area contributed by atoms with Crippen molar-refractivity contribution in [2.24, 2.45) is 10.7 Å². The Morgan fingerprint density at radius 1 is 1.27 bits per heavy atom. The zero-order chi connectivity index (χ0) is 15.1. The second kappa shape index (κ2) is 9.68. The zero-order valence-corrected chi connectivity index (χ0v) is 15.9. The van der Waals surface area contributed by atoms with E-state index in [1.165, 1.54) is 4.88 Å². The minimum atomic E-state index is 0. The van der Waals surface area contributed by atoms with Gasteiger partial charge in [0.25, 0.3) is 0 Å². The molecule has 0 aliphatic heterocycles. The van der Waals surface area contributed by atoms with Crippen LogP contribution in [0.25, 0.3) is 0 Å². The predicted molar refractivity (Wildman–Crippen MR) is 106 cm³/mol. The van der Waals surface area contributed by atoms with Crippen LogP contribution in [0.4, 0.5) is 5.69 Å². The predicted octanol–water partition coefficient (Wildman–Crippen LogP) is 4.12. The molecular formula is C16H22IN3OS. The maximum absolute atomic E-state index is 5.88. The first kappa shape index (κ1) is 18.8. The van der Waals surface area contributed by atoms with Crippen molar-refractivity contribution in [2.75, 3.05) is 11.9 Å². The van der Waals surface area contributed by atoms with Crippen LogP contribution in [0.5, 0.6) is 5.75 Å². The largest absolute Gasteiger partial charge is 0.491 e. The molecular weight excluding hydrogens is 409 g/mol. The van der Waals surface area contributed by atoms with E-state index in [1.807, 2.05) is 44.2 Å². The molecule has 1 heterocycles. The van der Waals surface area contributed by atoms with Crippen molar-refractivity contribution < 1.29 is 4.74 Å². The van der Waals surface area contributed by atoms with Crippen LogP contribution in [0.3, 0.4) is 0 Å². The van der Waals surface area contributed by atoms with Crippen molar-refractivity contribution in [3.63, 3.8) is 0 Å². The highest BCUT2D eigenvalue weighted by molar-refractivity contribution is 14.0. The van der Waals surface area contributed by atoms with Crippen LogP contribution in [0, 0.1) is 0 Å². The van der Waals surface area contributed by atoms with Crippen LogP contribution in [-0.4, -0.2) is 18.6 Å². The number of nitrogens with one attached hydrogen (secondary N) is 1. The first-order valence-corrected chi connectivity index (χ1v) is 7.87. The molecule has 1 aromatic carbocycles. The molecule has 0 spiro atoms. The lowest BCUT2D eigenvalue weighted by Crippen LogP contribution is -2.23. The number of nitrogens with zero attached hydrogens (tertiary/aromatic N) is 1. The third-order valence-corrected chi connectivity index (χ3v) is 3.66. The lowest BCUT2D eigenvalue weighted by Gasteiger charge is -2.10. The van der Waals surface area contributed by atoms with Gasteiger partial charge in [-0.15, -0.1) is 35.3 Å². The van der Waals surface area contributed by atoms with Gasteiger partial charge in [-0.05, 0) is 49.6 Å². The molecule has 0 aliphatic carbocycles. The Bertz CT molecular complexity index is 568. The van der Waals surface area contributed by atoms with Gasteiger partial charge in [0.15, 0.2) is 5.96 Å². The molecule has 0 saturated carbocycles. The van der Waals surface area contributed by atoms with Gasteiger partial charge in [-0.3, -0.25) is 4.99 Å². The maximum atomic E-state index is 5.88. The van der Waals surface area contributed by atoms with Gasteiger partial charge >= 0.3 is 0 Å². The molecule has 3 N–H and O–H groups in total. The summed E-state index contributed by atoms with van der Waals surface area (Å²) < 4.78 is 5.59.